The van der Waals surface area contributed by atoms with Crippen molar-refractivity contribution >= 4 is 23.4 Å². The standard InChI is InChI=1S/C14H22ClNS/c1-3-13(16-4-2)6-5-11-17-14-9-7-12(15)8-10-14/h7-10,13,16H,3-6,11H2,1-2H3. The first kappa shape index (κ1) is 14.9. The molecule has 3 heteroatoms. The predicted octanol–water partition coefficient (Wildman–Crippen LogP) is 4.60. The number of benzene rings is 1. The van der Waals surface area contributed by atoms with Crippen molar-refractivity contribution in [1.82, 2.24) is 5.32 Å². The minimum atomic E-state index is 0.686. The monoisotopic (exact) mass is 271 g/mol. The van der Waals surface area contributed by atoms with E-state index in [1.165, 1.54) is 29.9 Å². The van der Waals surface area contributed by atoms with E-state index in [2.05, 4.69) is 31.3 Å². The number of nitrogens with one attached hydrogen (secondary N) is 1. The van der Waals surface area contributed by atoms with E-state index in [1.807, 2.05) is 23.9 Å². The van der Waals surface area contributed by atoms with Crippen LogP contribution in [-0.4, -0.2) is 18.3 Å². The summed E-state index contributed by atoms with van der Waals surface area (Å²) in [7, 11) is 0. The van der Waals surface area contributed by atoms with Crippen molar-refractivity contribution in [3.63, 3.8) is 0 Å². The highest BCUT2D eigenvalue weighted by Crippen LogP contribution is 2.21. The molecule has 0 bridgehead atoms. The smallest absolute Gasteiger partial charge is 0.0406 e. The number of hydrogen-bond acceptors (Lipinski definition) is 2. The van der Waals surface area contributed by atoms with Crippen molar-refractivity contribution in [1.29, 1.82) is 0 Å². The van der Waals surface area contributed by atoms with Crippen LogP contribution < -0.4 is 5.32 Å². The third-order valence-electron chi connectivity index (χ3n) is 2.76. The molecule has 0 aliphatic heterocycles. The van der Waals surface area contributed by atoms with Crippen LogP contribution in [0, 0.1) is 0 Å². The Bertz CT molecular complexity index is 300. The molecule has 1 aromatic carbocycles. The third-order valence-corrected chi connectivity index (χ3v) is 4.12. The first-order valence-corrected chi connectivity index (χ1v) is 7.74. The molecule has 1 N–H and O–H groups in total. The van der Waals surface area contributed by atoms with Crippen molar-refractivity contribution in [2.75, 3.05) is 12.3 Å². The van der Waals surface area contributed by atoms with Crippen LogP contribution in [0.5, 0.6) is 0 Å². The molecule has 0 saturated carbocycles. The second-order valence-corrected chi connectivity index (χ2v) is 5.71. The van der Waals surface area contributed by atoms with Gasteiger partial charge < -0.3 is 5.32 Å². The topological polar surface area (TPSA) is 12.0 Å². The number of hydrogen-bond donors (Lipinski definition) is 1. The second-order valence-electron chi connectivity index (χ2n) is 4.11. The van der Waals surface area contributed by atoms with Crippen molar-refractivity contribution in [3.05, 3.63) is 29.3 Å². The van der Waals surface area contributed by atoms with Crippen molar-refractivity contribution in [2.24, 2.45) is 0 Å². The van der Waals surface area contributed by atoms with Crippen LogP contribution in [0.25, 0.3) is 0 Å². The first-order valence-electron chi connectivity index (χ1n) is 6.38. The Morgan fingerprint density at radius 1 is 1.24 bits per heavy atom. The summed E-state index contributed by atoms with van der Waals surface area (Å²) in [5.41, 5.74) is 0. The van der Waals surface area contributed by atoms with E-state index >= 15 is 0 Å². The Balaban J connectivity index is 2.17. The average Bonchev–Trinajstić information content (AvgIpc) is 2.35. The molecular weight excluding hydrogens is 250 g/mol. The predicted molar refractivity (Wildman–Crippen MR) is 79.2 cm³/mol. The summed E-state index contributed by atoms with van der Waals surface area (Å²) in [5.74, 6) is 1.18. The van der Waals surface area contributed by atoms with E-state index < -0.39 is 0 Å². The van der Waals surface area contributed by atoms with Gasteiger partial charge in [0.15, 0.2) is 0 Å². The van der Waals surface area contributed by atoms with Gasteiger partial charge in [-0.3, -0.25) is 0 Å². The molecule has 0 fully saturated rings. The van der Waals surface area contributed by atoms with Crippen LogP contribution in [0.4, 0.5) is 0 Å². The minimum absolute atomic E-state index is 0.686. The zero-order chi connectivity index (χ0) is 12.5. The molecular formula is C14H22ClNS. The molecule has 0 radical (unpaired) electrons. The van der Waals surface area contributed by atoms with Gasteiger partial charge in [0.25, 0.3) is 0 Å². The minimum Gasteiger partial charge on any atom is -0.314 e. The molecule has 0 spiro atoms. The van der Waals surface area contributed by atoms with Crippen LogP contribution >= 0.6 is 23.4 Å². The molecule has 0 aliphatic carbocycles. The maximum atomic E-state index is 5.85. The molecule has 1 atom stereocenters. The van der Waals surface area contributed by atoms with E-state index in [9.17, 15) is 0 Å². The Morgan fingerprint density at radius 2 is 1.94 bits per heavy atom. The lowest BCUT2D eigenvalue weighted by Crippen LogP contribution is -2.28. The van der Waals surface area contributed by atoms with Crippen LogP contribution in [-0.2, 0) is 0 Å². The number of thioether (sulfide) groups is 1. The quantitative estimate of drug-likeness (QED) is 0.548. The summed E-state index contributed by atoms with van der Waals surface area (Å²) in [6.45, 7) is 5.49. The molecule has 0 heterocycles. The number of rotatable bonds is 8. The van der Waals surface area contributed by atoms with Gasteiger partial charge in [-0.25, -0.2) is 0 Å². The third kappa shape index (κ3) is 6.35. The Morgan fingerprint density at radius 3 is 2.53 bits per heavy atom. The van der Waals surface area contributed by atoms with Gasteiger partial charge in [0.1, 0.15) is 0 Å². The van der Waals surface area contributed by atoms with E-state index in [1.54, 1.807) is 0 Å². The molecule has 17 heavy (non-hydrogen) atoms. The maximum Gasteiger partial charge on any atom is 0.0406 e. The van der Waals surface area contributed by atoms with Gasteiger partial charge in [0.05, 0.1) is 0 Å². The zero-order valence-corrected chi connectivity index (χ0v) is 12.3. The van der Waals surface area contributed by atoms with E-state index in [4.69, 9.17) is 11.6 Å². The van der Waals surface area contributed by atoms with Crippen LogP contribution in [0.3, 0.4) is 0 Å². The van der Waals surface area contributed by atoms with E-state index in [0.29, 0.717) is 6.04 Å². The highest BCUT2D eigenvalue weighted by atomic mass is 35.5. The van der Waals surface area contributed by atoms with Gasteiger partial charge in [0.2, 0.25) is 0 Å². The van der Waals surface area contributed by atoms with E-state index in [0.717, 1.165) is 11.6 Å². The lowest BCUT2D eigenvalue weighted by molar-refractivity contribution is 0.477. The van der Waals surface area contributed by atoms with Crippen molar-refractivity contribution < 1.29 is 0 Å². The van der Waals surface area contributed by atoms with E-state index in [-0.39, 0.29) is 0 Å². The molecule has 0 amide bonds. The Kier molecular flexibility index (Phi) is 7.74. The highest BCUT2D eigenvalue weighted by molar-refractivity contribution is 7.99. The van der Waals surface area contributed by atoms with Gasteiger partial charge in [-0.15, -0.1) is 11.8 Å². The molecule has 0 saturated heterocycles. The van der Waals surface area contributed by atoms with Crippen LogP contribution in [0.1, 0.15) is 33.1 Å². The van der Waals surface area contributed by atoms with Gasteiger partial charge in [-0.2, -0.15) is 0 Å². The second kappa shape index (κ2) is 8.84. The molecule has 96 valence electrons. The summed E-state index contributed by atoms with van der Waals surface area (Å²) in [6, 6.07) is 8.78. The van der Waals surface area contributed by atoms with Crippen LogP contribution in [0.15, 0.2) is 29.2 Å². The van der Waals surface area contributed by atoms with Crippen LogP contribution in [0.2, 0.25) is 5.02 Å². The number of halogens is 1. The fraction of sp³-hybridized carbons (Fsp3) is 0.571. The first-order chi connectivity index (χ1) is 8.26. The fourth-order valence-corrected chi connectivity index (χ4v) is 2.79. The highest BCUT2D eigenvalue weighted by Gasteiger charge is 2.03. The molecule has 0 aliphatic rings. The van der Waals surface area contributed by atoms with Gasteiger partial charge in [-0.1, -0.05) is 25.4 Å². The molecule has 0 aromatic heterocycles. The fourth-order valence-electron chi connectivity index (χ4n) is 1.79. The normalized spacial score (nSPS) is 12.6. The summed E-state index contributed by atoms with van der Waals surface area (Å²) in [4.78, 5) is 1.31. The summed E-state index contributed by atoms with van der Waals surface area (Å²) < 4.78 is 0. The zero-order valence-electron chi connectivity index (χ0n) is 10.7. The Hall–Kier alpha value is -0.180. The molecule has 1 aromatic rings. The van der Waals surface area contributed by atoms with Gasteiger partial charge >= 0.3 is 0 Å². The lowest BCUT2D eigenvalue weighted by atomic mass is 10.1. The Labute approximate surface area is 114 Å². The van der Waals surface area contributed by atoms with Gasteiger partial charge in [-0.05, 0) is 55.8 Å². The largest absolute Gasteiger partial charge is 0.314 e. The SMILES string of the molecule is CCNC(CC)CCCSc1ccc(Cl)cc1. The van der Waals surface area contributed by atoms with Gasteiger partial charge in [0, 0.05) is 16.0 Å². The summed E-state index contributed by atoms with van der Waals surface area (Å²) in [6.07, 6.45) is 3.75. The molecule has 1 unspecified atom stereocenters. The molecule has 1 nitrogen and oxygen atoms in total. The lowest BCUT2D eigenvalue weighted by Gasteiger charge is -2.15. The summed E-state index contributed by atoms with van der Waals surface area (Å²) in [5, 5.41) is 4.32. The van der Waals surface area contributed by atoms with Crippen molar-refractivity contribution in [3.8, 4) is 0 Å². The molecule has 1 rings (SSSR count). The van der Waals surface area contributed by atoms with Crippen molar-refractivity contribution in [2.45, 2.75) is 44.0 Å². The summed E-state index contributed by atoms with van der Waals surface area (Å²) >= 11 is 7.76. The maximum absolute atomic E-state index is 5.85. The average molecular weight is 272 g/mol.